The number of aromatic nitrogens is 2. The van der Waals surface area contributed by atoms with Gasteiger partial charge in [-0.1, -0.05) is 23.7 Å². The molecule has 0 aliphatic heterocycles. The van der Waals surface area contributed by atoms with Crippen LogP contribution in [-0.2, 0) is 6.61 Å². The SMILES string of the molecule is Cc1ccc(OCc2cc(=O)n3oc(C)cc3n2)c(NC(=O)c2cccc(Cl)c2)c1. The van der Waals surface area contributed by atoms with E-state index < -0.39 is 0 Å². The third-order valence-corrected chi connectivity index (χ3v) is 4.60. The van der Waals surface area contributed by atoms with Gasteiger partial charge in [-0.25, -0.2) is 4.98 Å². The van der Waals surface area contributed by atoms with Crippen LogP contribution in [0.15, 0.2) is 63.9 Å². The molecule has 1 N–H and O–H groups in total. The molecule has 7 nitrogen and oxygen atoms in total. The van der Waals surface area contributed by atoms with E-state index >= 15 is 0 Å². The van der Waals surface area contributed by atoms with Crippen LogP contribution in [0, 0.1) is 13.8 Å². The van der Waals surface area contributed by atoms with Gasteiger partial charge in [-0.05, 0) is 49.7 Å². The zero-order valence-electron chi connectivity index (χ0n) is 16.3. The number of rotatable bonds is 5. The fourth-order valence-electron chi connectivity index (χ4n) is 2.99. The highest BCUT2D eigenvalue weighted by Gasteiger charge is 2.13. The van der Waals surface area contributed by atoms with Gasteiger partial charge in [0.25, 0.3) is 11.5 Å². The van der Waals surface area contributed by atoms with Gasteiger partial charge in [-0.2, -0.15) is 0 Å². The Labute approximate surface area is 176 Å². The van der Waals surface area contributed by atoms with E-state index in [1.807, 2.05) is 19.1 Å². The van der Waals surface area contributed by atoms with Crippen molar-refractivity contribution in [1.82, 2.24) is 9.56 Å². The second kappa shape index (κ2) is 8.04. The highest BCUT2D eigenvalue weighted by molar-refractivity contribution is 6.31. The molecule has 2 aromatic heterocycles. The van der Waals surface area contributed by atoms with Crippen LogP contribution >= 0.6 is 11.6 Å². The number of hydrogen-bond donors (Lipinski definition) is 1. The van der Waals surface area contributed by atoms with E-state index in [1.165, 1.54) is 6.07 Å². The molecule has 152 valence electrons. The molecule has 0 atom stereocenters. The minimum absolute atomic E-state index is 0.0546. The van der Waals surface area contributed by atoms with Crippen molar-refractivity contribution >= 4 is 28.8 Å². The molecular weight excluding hydrogens is 406 g/mol. The number of aryl methyl sites for hydroxylation is 2. The van der Waals surface area contributed by atoms with Gasteiger partial charge in [-0.3, -0.25) is 9.59 Å². The van der Waals surface area contributed by atoms with E-state index in [-0.39, 0.29) is 18.1 Å². The fourth-order valence-corrected chi connectivity index (χ4v) is 3.18. The second-order valence-electron chi connectivity index (χ2n) is 6.84. The summed E-state index contributed by atoms with van der Waals surface area (Å²) in [4.78, 5) is 29.2. The molecule has 2 aromatic carbocycles. The first kappa shape index (κ1) is 19.7. The van der Waals surface area contributed by atoms with Gasteiger partial charge in [0.05, 0.1) is 11.4 Å². The zero-order valence-corrected chi connectivity index (χ0v) is 17.1. The van der Waals surface area contributed by atoms with E-state index in [0.717, 1.165) is 10.1 Å². The summed E-state index contributed by atoms with van der Waals surface area (Å²) in [6, 6.07) is 15.1. The maximum absolute atomic E-state index is 12.6. The Bertz CT molecular complexity index is 1310. The normalized spacial score (nSPS) is 10.9. The lowest BCUT2D eigenvalue weighted by molar-refractivity contribution is 0.102. The van der Waals surface area contributed by atoms with Crippen LogP contribution in [0.1, 0.15) is 27.4 Å². The maximum atomic E-state index is 12.6. The van der Waals surface area contributed by atoms with E-state index in [9.17, 15) is 9.59 Å². The first-order valence-corrected chi connectivity index (χ1v) is 9.57. The molecule has 4 rings (SSSR count). The first-order valence-electron chi connectivity index (χ1n) is 9.19. The Hall–Kier alpha value is -3.58. The number of nitrogens with zero attached hydrogens (tertiary/aromatic N) is 2. The predicted molar refractivity (Wildman–Crippen MR) is 113 cm³/mol. The van der Waals surface area contributed by atoms with Gasteiger partial charge in [0.15, 0.2) is 5.65 Å². The summed E-state index contributed by atoms with van der Waals surface area (Å²) >= 11 is 5.98. The smallest absolute Gasteiger partial charge is 0.287 e. The molecule has 1 amide bonds. The second-order valence-corrected chi connectivity index (χ2v) is 7.27. The zero-order chi connectivity index (χ0) is 21.3. The Morgan fingerprint density at radius 1 is 1.17 bits per heavy atom. The molecule has 0 unspecified atom stereocenters. The third kappa shape index (κ3) is 4.21. The number of ether oxygens (including phenoxy) is 1. The summed E-state index contributed by atoms with van der Waals surface area (Å²) < 4.78 is 12.3. The number of halogens is 1. The van der Waals surface area contributed by atoms with E-state index in [2.05, 4.69) is 10.3 Å². The van der Waals surface area contributed by atoms with E-state index in [4.69, 9.17) is 20.9 Å². The van der Waals surface area contributed by atoms with Crippen molar-refractivity contribution in [3.05, 3.63) is 92.6 Å². The highest BCUT2D eigenvalue weighted by atomic mass is 35.5. The van der Waals surface area contributed by atoms with Crippen molar-refractivity contribution in [2.75, 3.05) is 5.32 Å². The standard InChI is InChI=1S/C22H18ClN3O4/c1-13-6-7-19(18(8-13)25-22(28)15-4-3-5-16(23)10-15)29-12-17-11-21(27)26-20(24-17)9-14(2)30-26/h3-11H,12H2,1-2H3,(H,25,28). The minimum Gasteiger partial charge on any atom is -0.485 e. The summed E-state index contributed by atoms with van der Waals surface area (Å²) in [7, 11) is 0. The fraction of sp³-hybridized carbons (Fsp3) is 0.136. The number of carbonyl (C=O) groups excluding carboxylic acids is 1. The van der Waals surface area contributed by atoms with Crippen LogP contribution in [0.5, 0.6) is 5.75 Å². The molecule has 30 heavy (non-hydrogen) atoms. The molecule has 8 heteroatoms. The van der Waals surface area contributed by atoms with Crippen molar-refractivity contribution < 1.29 is 14.1 Å². The molecule has 0 radical (unpaired) electrons. The van der Waals surface area contributed by atoms with E-state index in [0.29, 0.717) is 39.1 Å². The molecule has 0 bridgehead atoms. The van der Waals surface area contributed by atoms with Crippen LogP contribution < -0.4 is 15.6 Å². The van der Waals surface area contributed by atoms with Crippen LogP contribution in [0.2, 0.25) is 5.02 Å². The van der Waals surface area contributed by atoms with Crippen LogP contribution in [0.25, 0.3) is 5.65 Å². The number of anilines is 1. The summed E-state index contributed by atoms with van der Waals surface area (Å²) in [5.41, 5.74) is 2.44. The molecule has 0 saturated carbocycles. The molecule has 0 fully saturated rings. The topological polar surface area (TPSA) is 85.8 Å². The number of fused-ring (bicyclic) bond motifs is 1. The summed E-state index contributed by atoms with van der Waals surface area (Å²) in [6.45, 7) is 3.71. The van der Waals surface area contributed by atoms with Crippen LogP contribution in [0.3, 0.4) is 0 Å². The minimum atomic E-state index is -0.329. The summed E-state index contributed by atoms with van der Waals surface area (Å²) in [5, 5.41) is 3.33. The molecule has 2 heterocycles. The maximum Gasteiger partial charge on any atom is 0.287 e. The van der Waals surface area contributed by atoms with Crippen molar-refractivity contribution in [3.8, 4) is 5.75 Å². The van der Waals surface area contributed by atoms with Gasteiger partial charge in [0.1, 0.15) is 18.1 Å². The lowest BCUT2D eigenvalue weighted by Gasteiger charge is -2.13. The summed E-state index contributed by atoms with van der Waals surface area (Å²) in [6.07, 6.45) is 0. The average molecular weight is 424 g/mol. The highest BCUT2D eigenvalue weighted by Crippen LogP contribution is 2.27. The number of benzene rings is 2. The third-order valence-electron chi connectivity index (χ3n) is 4.37. The molecule has 0 aliphatic rings. The lowest BCUT2D eigenvalue weighted by atomic mass is 10.1. The van der Waals surface area contributed by atoms with E-state index in [1.54, 1.807) is 43.3 Å². The van der Waals surface area contributed by atoms with Crippen molar-refractivity contribution in [2.45, 2.75) is 20.5 Å². The number of amides is 1. The number of carbonyl (C=O) groups is 1. The first-order chi connectivity index (χ1) is 14.4. The average Bonchev–Trinajstić information content (AvgIpc) is 3.08. The van der Waals surface area contributed by atoms with Gasteiger partial charge in [-0.15, -0.1) is 4.57 Å². The Balaban J connectivity index is 1.56. The van der Waals surface area contributed by atoms with Crippen LogP contribution in [-0.4, -0.2) is 15.5 Å². The Morgan fingerprint density at radius 3 is 2.80 bits per heavy atom. The largest absolute Gasteiger partial charge is 0.485 e. The van der Waals surface area contributed by atoms with Crippen molar-refractivity contribution in [1.29, 1.82) is 0 Å². The van der Waals surface area contributed by atoms with Gasteiger partial charge in [0, 0.05) is 22.7 Å². The molecule has 4 aromatic rings. The summed E-state index contributed by atoms with van der Waals surface area (Å²) in [5.74, 6) is 0.739. The van der Waals surface area contributed by atoms with Gasteiger partial charge >= 0.3 is 0 Å². The lowest BCUT2D eigenvalue weighted by Crippen LogP contribution is -2.15. The Kier molecular flexibility index (Phi) is 5.29. The van der Waals surface area contributed by atoms with Crippen molar-refractivity contribution in [3.63, 3.8) is 0 Å². The van der Waals surface area contributed by atoms with Crippen LogP contribution in [0.4, 0.5) is 5.69 Å². The number of hydrogen-bond acceptors (Lipinski definition) is 5. The quantitative estimate of drug-likeness (QED) is 0.514. The van der Waals surface area contributed by atoms with Gasteiger partial charge < -0.3 is 14.6 Å². The predicted octanol–water partition coefficient (Wildman–Crippen LogP) is 4.39. The molecular formula is C22H18ClN3O4. The Morgan fingerprint density at radius 2 is 2.00 bits per heavy atom. The molecule has 0 saturated heterocycles. The molecule has 0 aliphatic carbocycles. The molecule has 0 spiro atoms. The van der Waals surface area contributed by atoms with Crippen molar-refractivity contribution in [2.24, 2.45) is 0 Å². The number of nitrogens with one attached hydrogen (secondary N) is 1. The van der Waals surface area contributed by atoms with Gasteiger partial charge in [0.2, 0.25) is 0 Å². The monoisotopic (exact) mass is 423 g/mol.